The highest BCUT2D eigenvalue weighted by Gasteiger charge is 2.32. The van der Waals surface area contributed by atoms with Crippen molar-refractivity contribution in [2.24, 2.45) is 5.41 Å². The quantitative estimate of drug-likeness (QED) is 0.779. The van der Waals surface area contributed by atoms with Crippen LogP contribution in [0.5, 0.6) is 0 Å². The van der Waals surface area contributed by atoms with E-state index in [0.29, 0.717) is 12.4 Å². The van der Waals surface area contributed by atoms with Crippen molar-refractivity contribution in [3.8, 4) is 0 Å². The number of esters is 1. The molecule has 0 aromatic carbocycles. The summed E-state index contributed by atoms with van der Waals surface area (Å²) < 4.78 is 4.56. The number of nitrogens with zero attached hydrogens (tertiary/aromatic N) is 2. The van der Waals surface area contributed by atoms with Crippen LogP contribution in [-0.2, 0) is 4.74 Å². The van der Waals surface area contributed by atoms with Crippen LogP contribution in [0.2, 0.25) is 0 Å². The maximum Gasteiger partial charge on any atom is 0.358 e. The molecule has 1 fully saturated rings. The van der Waals surface area contributed by atoms with Gasteiger partial charge in [0.05, 0.1) is 26.1 Å². The van der Waals surface area contributed by atoms with E-state index in [9.17, 15) is 9.90 Å². The zero-order valence-electron chi connectivity index (χ0n) is 11.1. The van der Waals surface area contributed by atoms with Gasteiger partial charge < -0.3 is 15.2 Å². The summed E-state index contributed by atoms with van der Waals surface area (Å²) in [7, 11) is 1.31. The Bertz CT molecular complexity index is 427. The van der Waals surface area contributed by atoms with Crippen molar-refractivity contribution in [2.75, 3.05) is 25.6 Å². The molecule has 0 amide bonds. The number of ether oxygens (including phenoxy) is 1. The number of anilines is 1. The van der Waals surface area contributed by atoms with Gasteiger partial charge in [-0.05, 0) is 12.8 Å². The minimum atomic E-state index is -0.498. The molecular formula is C13H19N3O3. The van der Waals surface area contributed by atoms with Gasteiger partial charge in [0.2, 0.25) is 0 Å². The summed E-state index contributed by atoms with van der Waals surface area (Å²) in [5.41, 5.74) is 0.147. The van der Waals surface area contributed by atoms with Crippen LogP contribution < -0.4 is 5.32 Å². The molecule has 0 bridgehead atoms. The average molecular weight is 265 g/mol. The summed E-state index contributed by atoms with van der Waals surface area (Å²) in [6.07, 6.45) is 7.28. The van der Waals surface area contributed by atoms with E-state index in [2.05, 4.69) is 20.0 Å². The van der Waals surface area contributed by atoms with Gasteiger partial charge in [0.1, 0.15) is 5.82 Å². The van der Waals surface area contributed by atoms with Gasteiger partial charge in [0, 0.05) is 12.0 Å². The lowest BCUT2D eigenvalue weighted by Gasteiger charge is -2.26. The summed E-state index contributed by atoms with van der Waals surface area (Å²) in [5.74, 6) is 0.106. The third-order valence-corrected chi connectivity index (χ3v) is 3.69. The zero-order chi connectivity index (χ0) is 13.7. The highest BCUT2D eigenvalue weighted by atomic mass is 16.5. The molecule has 0 spiro atoms. The fourth-order valence-electron chi connectivity index (χ4n) is 2.42. The molecule has 1 aliphatic rings. The lowest BCUT2D eigenvalue weighted by atomic mass is 9.87. The Morgan fingerprint density at radius 1 is 1.42 bits per heavy atom. The van der Waals surface area contributed by atoms with E-state index in [4.69, 9.17) is 0 Å². The predicted octanol–water partition coefficient (Wildman–Crippen LogP) is 1.23. The number of aliphatic hydroxyl groups excluding tert-OH is 1. The Labute approximate surface area is 112 Å². The van der Waals surface area contributed by atoms with Crippen molar-refractivity contribution < 1.29 is 14.6 Å². The maximum atomic E-state index is 11.2. The van der Waals surface area contributed by atoms with Gasteiger partial charge in [0.25, 0.3) is 0 Å². The van der Waals surface area contributed by atoms with Crippen LogP contribution in [0.25, 0.3) is 0 Å². The van der Waals surface area contributed by atoms with Crippen LogP contribution in [0.1, 0.15) is 36.2 Å². The Balaban J connectivity index is 1.94. The molecule has 0 radical (unpaired) electrons. The molecule has 1 saturated carbocycles. The van der Waals surface area contributed by atoms with E-state index in [1.54, 1.807) is 0 Å². The van der Waals surface area contributed by atoms with Gasteiger partial charge in [-0.1, -0.05) is 12.8 Å². The molecule has 2 rings (SSSR count). The minimum absolute atomic E-state index is 0.0390. The predicted molar refractivity (Wildman–Crippen MR) is 69.8 cm³/mol. The molecule has 104 valence electrons. The highest BCUT2D eigenvalue weighted by Crippen LogP contribution is 2.37. The van der Waals surface area contributed by atoms with Crippen LogP contribution in [0.3, 0.4) is 0 Å². The topological polar surface area (TPSA) is 84.3 Å². The van der Waals surface area contributed by atoms with E-state index in [0.717, 1.165) is 25.7 Å². The largest absolute Gasteiger partial charge is 0.464 e. The van der Waals surface area contributed by atoms with Gasteiger partial charge in [-0.3, -0.25) is 0 Å². The van der Waals surface area contributed by atoms with Crippen LogP contribution in [0.4, 0.5) is 5.82 Å². The van der Waals surface area contributed by atoms with E-state index < -0.39 is 5.97 Å². The molecule has 6 nitrogen and oxygen atoms in total. The molecule has 19 heavy (non-hydrogen) atoms. The molecule has 2 N–H and O–H groups in total. The number of hydrogen-bond donors (Lipinski definition) is 2. The molecular weight excluding hydrogens is 246 g/mol. The second-order valence-corrected chi connectivity index (χ2v) is 5.00. The van der Waals surface area contributed by atoms with Crippen LogP contribution in [-0.4, -0.2) is 41.3 Å². The third-order valence-electron chi connectivity index (χ3n) is 3.69. The van der Waals surface area contributed by atoms with Crippen LogP contribution in [0, 0.1) is 5.41 Å². The Morgan fingerprint density at radius 2 is 2.16 bits per heavy atom. The van der Waals surface area contributed by atoms with Crippen molar-refractivity contribution in [2.45, 2.75) is 25.7 Å². The van der Waals surface area contributed by atoms with Crippen molar-refractivity contribution >= 4 is 11.8 Å². The first-order valence-corrected chi connectivity index (χ1v) is 6.44. The number of aromatic nitrogens is 2. The molecule has 1 heterocycles. The Kier molecular flexibility index (Phi) is 4.31. The average Bonchev–Trinajstić information content (AvgIpc) is 2.94. The van der Waals surface area contributed by atoms with Gasteiger partial charge >= 0.3 is 5.97 Å². The van der Waals surface area contributed by atoms with Gasteiger partial charge in [-0.2, -0.15) is 0 Å². The summed E-state index contributed by atoms with van der Waals surface area (Å²) in [6, 6.07) is 0. The van der Waals surface area contributed by atoms with Gasteiger partial charge in [0.15, 0.2) is 5.69 Å². The first kappa shape index (κ1) is 13.7. The molecule has 1 aliphatic carbocycles. The van der Waals surface area contributed by atoms with Crippen LogP contribution >= 0.6 is 0 Å². The van der Waals surface area contributed by atoms with Gasteiger partial charge in [-0.25, -0.2) is 14.8 Å². The van der Waals surface area contributed by atoms with E-state index >= 15 is 0 Å². The highest BCUT2D eigenvalue weighted by molar-refractivity contribution is 5.86. The van der Waals surface area contributed by atoms with Crippen molar-refractivity contribution in [1.82, 2.24) is 9.97 Å². The summed E-state index contributed by atoms with van der Waals surface area (Å²) in [4.78, 5) is 19.3. The normalized spacial score (nSPS) is 17.2. The first-order valence-electron chi connectivity index (χ1n) is 6.44. The van der Waals surface area contributed by atoms with Crippen molar-refractivity contribution in [3.05, 3.63) is 18.1 Å². The number of nitrogens with one attached hydrogen (secondary N) is 1. The number of carbonyl (C=O) groups excluding carboxylic acids is 1. The fourth-order valence-corrected chi connectivity index (χ4v) is 2.42. The smallest absolute Gasteiger partial charge is 0.358 e. The standard InChI is InChI=1S/C13H19N3O3/c1-19-12(18)10-6-15-11(7-14-10)16-8-13(9-17)4-2-3-5-13/h6-7,17H,2-5,8-9H2,1H3,(H,15,16). The zero-order valence-corrected chi connectivity index (χ0v) is 11.1. The number of carbonyl (C=O) groups is 1. The molecule has 0 atom stereocenters. The van der Waals surface area contributed by atoms with E-state index in [-0.39, 0.29) is 17.7 Å². The van der Waals surface area contributed by atoms with Crippen molar-refractivity contribution in [3.63, 3.8) is 0 Å². The lowest BCUT2D eigenvalue weighted by Crippen LogP contribution is -2.30. The second-order valence-electron chi connectivity index (χ2n) is 5.00. The molecule has 0 unspecified atom stereocenters. The Hall–Kier alpha value is -1.69. The summed E-state index contributed by atoms with van der Waals surface area (Å²) in [5, 5.41) is 12.7. The maximum absolute atomic E-state index is 11.2. The third kappa shape index (κ3) is 3.20. The monoisotopic (exact) mass is 265 g/mol. The SMILES string of the molecule is COC(=O)c1cnc(NCC2(CO)CCCC2)cn1. The minimum Gasteiger partial charge on any atom is -0.464 e. The Morgan fingerprint density at radius 3 is 2.68 bits per heavy atom. The van der Waals surface area contributed by atoms with E-state index in [1.165, 1.54) is 19.5 Å². The molecule has 0 saturated heterocycles. The molecule has 1 aromatic rings. The van der Waals surface area contributed by atoms with E-state index in [1.807, 2.05) is 0 Å². The summed E-state index contributed by atoms with van der Waals surface area (Å²) in [6.45, 7) is 0.865. The molecule has 0 aliphatic heterocycles. The lowest BCUT2D eigenvalue weighted by molar-refractivity contribution is 0.0593. The van der Waals surface area contributed by atoms with Gasteiger partial charge in [-0.15, -0.1) is 0 Å². The van der Waals surface area contributed by atoms with Crippen LogP contribution in [0.15, 0.2) is 12.4 Å². The number of methoxy groups -OCH3 is 1. The number of rotatable bonds is 5. The number of hydrogen-bond acceptors (Lipinski definition) is 6. The van der Waals surface area contributed by atoms with Crippen molar-refractivity contribution in [1.29, 1.82) is 0 Å². The first-order chi connectivity index (χ1) is 9.19. The number of aliphatic hydroxyl groups is 1. The summed E-state index contributed by atoms with van der Waals surface area (Å²) >= 11 is 0. The molecule has 6 heteroatoms. The molecule has 1 aromatic heterocycles. The second kappa shape index (κ2) is 5.97. The fraction of sp³-hybridized carbons (Fsp3) is 0.615.